The summed E-state index contributed by atoms with van der Waals surface area (Å²) in [7, 11) is 4.31. The van der Waals surface area contributed by atoms with Crippen molar-refractivity contribution < 1.29 is 10.2 Å². The number of hydrogen-bond donors (Lipinski definition) is 3. The Morgan fingerprint density at radius 1 is 0.730 bits per heavy atom. The minimum Gasteiger partial charge on any atom is -0.390 e. The molecule has 200 valence electrons. The standard InChI is InChI=1S/C13H18N4O.C9H10N2O.C5H12N2/c1-15-5-7-16(8-6-15)13-4-2-3-12-14-11(10-18)9-17(12)13;1-7-3-2-4-9-10-8(6-12)5-11(7)9;1-7-4-2-6-3-5-7/h2-4,9,18H,5-8,10H2,1H3;2-5,12H,6H2,1H3;6H,2-5H2,1H3. The summed E-state index contributed by atoms with van der Waals surface area (Å²) < 4.78 is 4.03. The summed E-state index contributed by atoms with van der Waals surface area (Å²) in [6.07, 6.45) is 3.77. The lowest BCUT2D eigenvalue weighted by Gasteiger charge is -2.34. The molecule has 0 atom stereocenters. The molecule has 0 bridgehead atoms. The molecule has 2 aliphatic heterocycles. The fourth-order valence-electron chi connectivity index (χ4n) is 4.47. The van der Waals surface area contributed by atoms with Crippen molar-refractivity contribution in [2.45, 2.75) is 20.1 Å². The monoisotopic (exact) mass is 508 g/mol. The van der Waals surface area contributed by atoms with Crippen LogP contribution in [0.15, 0.2) is 48.8 Å². The summed E-state index contributed by atoms with van der Waals surface area (Å²) in [5.41, 5.74) is 4.34. The number of aliphatic hydroxyl groups is 2. The highest BCUT2D eigenvalue weighted by Gasteiger charge is 2.16. The quantitative estimate of drug-likeness (QED) is 0.380. The number of rotatable bonds is 3. The molecule has 0 saturated carbocycles. The molecule has 0 unspecified atom stereocenters. The Hall–Kier alpha value is -3.02. The van der Waals surface area contributed by atoms with Gasteiger partial charge in [-0.15, -0.1) is 0 Å². The second-order valence-corrected chi connectivity index (χ2v) is 9.63. The first-order chi connectivity index (χ1) is 18.0. The van der Waals surface area contributed by atoms with E-state index in [1.807, 2.05) is 54.0 Å². The number of aromatic nitrogens is 4. The summed E-state index contributed by atoms with van der Waals surface area (Å²) in [5, 5.41) is 21.3. The van der Waals surface area contributed by atoms with Crippen LogP contribution in [0, 0.1) is 6.92 Å². The van der Waals surface area contributed by atoms with E-state index in [0.29, 0.717) is 5.69 Å². The normalized spacial score (nSPS) is 16.8. The van der Waals surface area contributed by atoms with Gasteiger partial charge in [-0.05, 0) is 45.3 Å². The lowest BCUT2D eigenvalue weighted by Crippen LogP contribution is -2.45. The van der Waals surface area contributed by atoms with E-state index in [4.69, 9.17) is 5.11 Å². The van der Waals surface area contributed by atoms with Crippen molar-refractivity contribution in [1.29, 1.82) is 0 Å². The molecule has 0 radical (unpaired) electrons. The van der Waals surface area contributed by atoms with E-state index in [2.05, 4.69) is 54.5 Å². The number of fused-ring (bicyclic) bond motifs is 2. The van der Waals surface area contributed by atoms with Crippen LogP contribution in [-0.4, -0.2) is 105 Å². The van der Waals surface area contributed by atoms with Crippen molar-refractivity contribution in [3.05, 3.63) is 65.9 Å². The fraction of sp³-hybridized carbons (Fsp3) is 0.481. The van der Waals surface area contributed by atoms with Crippen molar-refractivity contribution in [3.8, 4) is 0 Å². The van der Waals surface area contributed by atoms with E-state index >= 15 is 0 Å². The molecule has 0 spiro atoms. The number of anilines is 1. The van der Waals surface area contributed by atoms with Crippen LogP contribution in [0.1, 0.15) is 17.1 Å². The molecule has 10 nitrogen and oxygen atoms in total. The van der Waals surface area contributed by atoms with Crippen molar-refractivity contribution in [3.63, 3.8) is 0 Å². The van der Waals surface area contributed by atoms with E-state index in [0.717, 1.165) is 67.8 Å². The molecular formula is C27H40N8O2. The first-order valence-corrected chi connectivity index (χ1v) is 12.9. The smallest absolute Gasteiger partial charge is 0.138 e. The maximum Gasteiger partial charge on any atom is 0.138 e. The summed E-state index contributed by atoms with van der Waals surface area (Å²) in [5.74, 6) is 1.16. The first kappa shape index (κ1) is 27.0. The van der Waals surface area contributed by atoms with Crippen LogP contribution >= 0.6 is 0 Å². The zero-order chi connectivity index (χ0) is 26.2. The lowest BCUT2D eigenvalue weighted by molar-refractivity contribution is 0.277. The largest absolute Gasteiger partial charge is 0.390 e. The summed E-state index contributed by atoms with van der Waals surface area (Å²) in [4.78, 5) is 15.6. The minimum absolute atomic E-state index is 0.00111. The van der Waals surface area contributed by atoms with Crippen molar-refractivity contribution in [1.82, 2.24) is 33.9 Å². The molecule has 6 heterocycles. The average molecular weight is 509 g/mol. The van der Waals surface area contributed by atoms with Gasteiger partial charge < -0.3 is 34.6 Å². The number of hydrogen-bond acceptors (Lipinski definition) is 8. The molecule has 3 N–H and O–H groups in total. The molecule has 6 rings (SSSR count). The van der Waals surface area contributed by atoms with Crippen LogP contribution in [-0.2, 0) is 13.2 Å². The first-order valence-electron chi connectivity index (χ1n) is 12.9. The third-order valence-corrected chi connectivity index (χ3v) is 6.76. The topological polar surface area (TPSA) is 96.8 Å². The molecule has 0 amide bonds. The highest BCUT2D eigenvalue weighted by atomic mass is 16.3. The van der Waals surface area contributed by atoms with Crippen molar-refractivity contribution in [2.75, 3.05) is 71.4 Å². The van der Waals surface area contributed by atoms with Gasteiger partial charge in [0.05, 0.1) is 24.6 Å². The Labute approximate surface area is 218 Å². The van der Waals surface area contributed by atoms with Gasteiger partial charge in [0.2, 0.25) is 0 Å². The van der Waals surface area contributed by atoms with Crippen LogP contribution in [0.25, 0.3) is 11.3 Å². The predicted molar refractivity (Wildman–Crippen MR) is 147 cm³/mol. The van der Waals surface area contributed by atoms with E-state index in [-0.39, 0.29) is 13.2 Å². The second-order valence-electron chi connectivity index (χ2n) is 9.63. The summed E-state index contributed by atoms with van der Waals surface area (Å²) in [6, 6.07) is 12.0. The van der Waals surface area contributed by atoms with Crippen LogP contribution < -0.4 is 10.2 Å². The molecule has 10 heteroatoms. The number of nitrogens with one attached hydrogen (secondary N) is 1. The highest BCUT2D eigenvalue weighted by Crippen LogP contribution is 2.19. The molecule has 0 aromatic carbocycles. The third kappa shape index (κ3) is 7.06. The molecule has 2 fully saturated rings. The Kier molecular flexibility index (Phi) is 9.48. The van der Waals surface area contributed by atoms with E-state index < -0.39 is 0 Å². The molecule has 37 heavy (non-hydrogen) atoms. The third-order valence-electron chi connectivity index (χ3n) is 6.76. The molecule has 4 aromatic rings. The zero-order valence-electron chi connectivity index (χ0n) is 22.2. The van der Waals surface area contributed by atoms with Gasteiger partial charge >= 0.3 is 0 Å². The zero-order valence-corrected chi connectivity index (χ0v) is 22.2. The number of aliphatic hydroxyl groups excluding tert-OH is 2. The number of nitrogens with zero attached hydrogens (tertiary/aromatic N) is 7. The van der Waals surface area contributed by atoms with Gasteiger partial charge in [0.25, 0.3) is 0 Å². The SMILES string of the molecule is CN1CCN(c2cccc3nc(CO)cn23)CC1.CN1CCNCC1.Cc1cccc2nc(CO)cn12. The Morgan fingerprint density at radius 2 is 1.27 bits per heavy atom. The van der Waals surface area contributed by atoms with Crippen LogP contribution in [0.4, 0.5) is 5.82 Å². The van der Waals surface area contributed by atoms with Crippen molar-refractivity contribution in [2.24, 2.45) is 0 Å². The van der Waals surface area contributed by atoms with Crippen LogP contribution in [0.2, 0.25) is 0 Å². The van der Waals surface area contributed by atoms with Crippen LogP contribution in [0.5, 0.6) is 0 Å². The number of imidazole rings is 2. The molecule has 2 aliphatic rings. The van der Waals surface area contributed by atoms with E-state index in [1.165, 1.54) is 13.1 Å². The Balaban J connectivity index is 0.000000144. The predicted octanol–water partition coefficient (Wildman–Crippen LogP) is 1.23. The Bertz CT molecular complexity index is 1260. The second kappa shape index (κ2) is 13.0. The van der Waals surface area contributed by atoms with Gasteiger partial charge in [-0.25, -0.2) is 9.97 Å². The van der Waals surface area contributed by atoms with Gasteiger partial charge in [-0.3, -0.25) is 4.40 Å². The van der Waals surface area contributed by atoms with Gasteiger partial charge in [-0.1, -0.05) is 12.1 Å². The number of piperazine rings is 2. The van der Waals surface area contributed by atoms with Gasteiger partial charge in [0.1, 0.15) is 17.1 Å². The van der Waals surface area contributed by atoms with Crippen molar-refractivity contribution >= 4 is 17.1 Å². The number of pyridine rings is 2. The molecule has 2 saturated heterocycles. The maximum absolute atomic E-state index is 9.18. The fourth-order valence-corrected chi connectivity index (χ4v) is 4.47. The minimum atomic E-state index is -0.0101. The van der Waals surface area contributed by atoms with E-state index in [1.54, 1.807) is 0 Å². The van der Waals surface area contributed by atoms with Gasteiger partial charge in [0, 0.05) is 70.4 Å². The highest BCUT2D eigenvalue weighted by molar-refractivity contribution is 5.52. The van der Waals surface area contributed by atoms with Gasteiger partial charge in [-0.2, -0.15) is 0 Å². The molecule has 0 aliphatic carbocycles. The molecule has 4 aromatic heterocycles. The van der Waals surface area contributed by atoms with E-state index in [9.17, 15) is 5.11 Å². The van der Waals surface area contributed by atoms with Gasteiger partial charge in [0.15, 0.2) is 0 Å². The average Bonchev–Trinajstić information content (AvgIpc) is 3.55. The molecular weight excluding hydrogens is 468 g/mol. The van der Waals surface area contributed by atoms with Crippen LogP contribution in [0.3, 0.4) is 0 Å². The number of aryl methyl sites for hydroxylation is 1. The lowest BCUT2D eigenvalue weighted by atomic mass is 10.3. The summed E-state index contributed by atoms with van der Waals surface area (Å²) >= 11 is 0. The maximum atomic E-state index is 9.18. The Morgan fingerprint density at radius 3 is 1.81 bits per heavy atom. The summed E-state index contributed by atoms with van der Waals surface area (Å²) in [6.45, 7) is 11.0. The number of likely N-dealkylation sites (N-methyl/N-ethyl adjacent to an activating group) is 2.